The Hall–Kier alpha value is -1.41. The van der Waals surface area contributed by atoms with Crippen molar-refractivity contribution in [1.29, 1.82) is 0 Å². The summed E-state index contributed by atoms with van der Waals surface area (Å²) in [5, 5.41) is 6.71. The first-order valence-corrected chi connectivity index (χ1v) is 10.9. The van der Waals surface area contributed by atoms with E-state index in [0.29, 0.717) is 18.2 Å². The van der Waals surface area contributed by atoms with Crippen LogP contribution in [0.25, 0.3) is 0 Å². The molecule has 0 radical (unpaired) electrons. The minimum absolute atomic E-state index is 0.0129. The maximum Gasteiger partial charge on any atom is 0.147 e. The van der Waals surface area contributed by atoms with Crippen LogP contribution in [0.2, 0.25) is 0 Å². The van der Waals surface area contributed by atoms with Crippen molar-refractivity contribution in [2.45, 2.75) is 58.2 Å². The Morgan fingerprint density at radius 2 is 2.00 bits per heavy atom. The molecule has 0 amide bonds. The first-order chi connectivity index (χ1) is 11.7. The Kier molecular flexibility index (Phi) is 7.01. The van der Waals surface area contributed by atoms with E-state index in [-0.39, 0.29) is 23.9 Å². The van der Waals surface area contributed by atoms with Crippen LogP contribution in [0.3, 0.4) is 0 Å². The summed E-state index contributed by atoms with van der Waals surface area (Å²) in [4.78, 5) is 8.53. The Labute approximate surface area is 150 Å². The third kappa shape index (κ3) is 6.78. The lowest BCUT2D eigenvalue weighted by molar-refractivity contribution is -0.0203. The van der Waals surface area contributed by atoms with Crippen molar-refractivity contribution in [2.24, 2.45) is 5.92 Å². The molecule has 0 bridgehead atoms. The number of anilines is 2. The van der Waals surface area contributed by atoms with E-state index in [4.69, 9.17) is 4.74 Å². The van der Waals surface area contributed by atoms with Crippen molar-refractivity contribution in [3.05, 3.63) is 12.4 Å². The molecule has 1 aliphatic heterocycles. The number of ether oxygens (including phenoxy) is 1. The second-order valence-corrected chi connectivity index (χ2v) is 9.48. The number of hydrogen-bond acceptors (Lipinski definition) is 7. The molecule has 142 valence electrons. The molecular weight excluding hydrogens is 340 g/mol. The molecule has 0 aromatic carbocycles. The number of nitrogens with one attached hydrogen (secondary N) is 2. The van der Waals surface area contributed by atoms with Gasteiger partial charge >= 0.3 is 0 Å². The predicted molar refractivity (Wildman–Crippen MR) is 101 cm³/mol. The maximum absolute atomic E-state index is 11.3. The molecule has 0 aliphatic carbocycles. The molecule has 2 N–H and O–H groups in total. The molecule has 1 fully saturated rings. The van der Waals surface area contributed by atoms with Crippen LogP contribution in [0.1, 0.15) is 40.0 Å². The number of sulfone groups is 1. The van der Waals surface area contributed by atoms with Crippen LogP contribution >= 0.6 is 0 Å². The van der Waals surface area contributed by atoms with Crippen molar-refractivity contribution < 1.29 is 13.2 Å². The van der Waals surface area contributed by atoms with Gasteiger partial charge in [0.15, 0.2) is 0 Å². The normalized spacial score (nSPS) is 22.6. The van der Waals surface area contributed by atoms with Crippen molar-refractivity contribution in [3.8, 4) is 0 Å². The Balaban J connectivity index is 1.96. The fraction of sp³-hybridized carbons (Fsp3) is 0.765. The zero-order valence-corrected chi connectivity index (χ0v) is 16.3. The van der Waals surface area contributed by atoms with Crippen LogP contribution in [0, 0.1) is 5.92 Å². The number of nitrogens with zero attached hydrogens (tertiary/aromatic N) is 2. The van der Waals surface area contributed by atoms with Crippen LogP contribution in [0.4, 0.5) is 11.6 Å². The van der Waals surface area contributed by atoms with Crippen LogP contribution in [0.5, 0.6) is 0 Å². The summed E-state index contributed by atoms with van der Waals surface area (Å²) in [6.07, 6.45) is 5.58. The number of rotatable bonds is 8. The summed E-state index contributed by atoms with van der Waals surface area (Å²) < 4.78 is 28.5. The third-order valence-electron chi connectivity index (χ3n) is 4.34. The van der Waals surface area contributed by atoms with Crippen molar-refractivity contribution in [1.82, 2.24) is 9.97 Å². The molecule has 1 aromatic heterocycles. The second kappa shape index (κ2) is 8.80. The van der Waals surface area contributed by atoms with Gasteiger partial charge in [0, 0.05) is 25.0 Å². The van der Waals surface area contributed by atoms with Gasteiger partial charge in [-0.05, 0) is 32.1 Å². The van der Waals surface area contributed by atoms with Crippen molar-refractivity contribution in [2.75, 3.05) is 29.2 Å². The zero-order chi connectivity index (χ0) is 18.4. The van der Waals surface area contributed by atoms with Gasteiger partial charge in [-0.15, -0.1) is 0 Å². The standard InChI is InChI=1S/C17H30N4O3S/c1-12(2)17-14(6-5-8-24-17)21-16-10-15(18-11-19-16)20-13(3)7-9-25(4,22)23/h10-14,17H,5-9H2,1-4H3,(H2,18,19,20,21)/t13-,14-,17+/m1/s1. The van der Waals surface area contributed by atoms with E-state index < -0.39 is 9.84 Å². The molecule has 0 saturated carbocycles. The van der Waals surface area contributed by atoms with Crippen LogP contribution in [-0.2, 0) is 14.6 Å². The van der Waals surface area contributed by atoms with Gasteiger partial charge in [-0.25, -0.2) is 18.4 Å². The maximum atomic E-state index is 11.3. The monoisotopic (exact) mass is 370 g/mol. The molecule has 7 nitrogen and oxygen atoms in total. The summed E-state index contributed by atoms with van der Waals surface area (Å²) in [7, 11) is -2.95. The van der Waals surface area contributed by atoms with Crippen LogP contribution < -0.4 is 10.6 Å². The fourth-order valence-electron chi connectivity index (χ4n) is 3.04. The zero-order valence-electron chi connectivity index (χ0n) is 15.5. The summed E-state index contributed by atoms with van der Waals surface area (Å²) >= 11 is 0. The summed E-state index contributed by atoms with van der Waals surface area (Å²) in [5.41, 5.74) is 0. The van der Waals surface area contributed by atoms with E-state index in [9.17, 15) is 8.42 Å². The molecule has 1 aliphatic rings. The highest BCUT2D eigenvalue weighted by molar-refractivity contribution is 7.90. The molecule has 2 heterocycles. The molecule has 2 rings (SSSR count). The number of hydrogen-bond donors (Lipinski definition) is 2. The third-order valence-corrected chi connectivity index (χ3v) is 5.32. The van der Waals surface area contributed by atoms with E-state index in [2.05, 4.69) is 34.4 Å². The van der Waals surface area contributed by atoms with E-state index in [0.717, 1.165) is 25.3 Å². The molecule has 25 heavy (non-hydrogen) atoms. The highest BCUT2D eigenvalue weighted by Crippen LogP contribution is 2.24. The summed E-state index contributed by atoms with van der Waals surface area (Å²) in [6.45, 7) is 7.10. The minimum atomic E-state index is -2.95. The van der Waals surface area contributed by atoms with Gasteiger partial charge in [0.05, 0.1) is 17.9 Å². The van der Waals surface area contributed by atoms with Crippen molar-refractivity contribution >= 4 is 21.5 Å². The molecule has 0 spiro atoms. The Morgan fingerprint density at radius 3 is 2.68 bits per heavy atom. The summed E-state index contributed by atoms with van der Waals surface area (Å²) in [5.74, 6) is 2.05. The quantitative estimate of drug-likeness (QED) is 0.725. The number of aromatic nitrogens is 2. The lowest BCUT2D eigenvalue weighted by Gasteiger charge is -2.35. The van der Waals surface area contributed by atoms with E-state index in [1.54, 1.807) is 0 Å². The van der Waals surface area contributed by atoms with E-state index in [1.807, 2.05) is 13.0 Å². The fourth-order valence-corrected chi connectivity index (χ4v) is 3.82. The summed E-state index contributed by atoms with van der Waals surface area (Å²) in [6, 6.07) is 2.11. The van der Waals surface area contributed by atoms with Gasteiger partial charge in [-0.3, -0.25) is 0 Å². The van der Waals surface area contributed by atoms with Crippen LogP contribution in [-0.4, -0.2) is 55.2 Å². The molecular formula is C17H30N4O3S. The van der Waals surface area contributed by atoms with E-state index >= 15 is 0 Å². The first-order valence-electron chi connectivity index (χ1n) is 8.89. The van der Waals surface area contributed by atoms with Gasteiger partial charge in [-0.1, -0.05) is 13.8 Å². The molecule has 8 heteroatoms. The van der Waals surface area contributed by atoms with Crippen LogP contribution in [0.15, 0.2) is 12.4 Å². The minimum Gasteiger partial charge on any atom is -0.376 e. The van der Waals surface area contributed by atoms with Gasteiger partial charge in [0.1, 0.15) is 27.8 Å². The molecule has 1 aromatic rings. The lowest BCUT2D eigenvalue weighted by Crippen LogP contribution is -2.43. The molecule has 0 unspecified atom stereocenters. The average Bonchev–Trinajstić information content (AvgIpc) is 2.53. The SMILES string of the molecule is CC(C)[C@@H]1OCCC[C@H]1Nc1cc(N[C@H](C)CCS(C)(=O)=O)ncn1. The first kappa shape index (κ1) is 19.9. The molecule has 3 atom stereocenters. The highest BCUT2D eigenvalue weighted by atomic mass is 32.2. The van der Waals surface area contributed by atoms with Gasteiger partial charge in [0.25, 0.3) is 0 Å². The largest absolute Gasteiger partial charge is 0.376 e. The Morgan fingerprint density at radius 1 is 1.28 bits per heavy atom. The Bertz CT molecular complexity index is 651. The predicted octanol–water partition coefficient (Wildman–Crippen LogP) is 2.33. The highest BCUT2D eigenvalue weighted by Gasteiger charge is 2.28. The van der Waals surface area contributed by atoms with E-state index in [1.165, 1.54) is 12.6 Å². The van der Waals surface area contributed by atoms with Gasteiger partial charge in [0.2, 0.25) is 0 Å². The van der Waals surface area contributed by atoms with Gasteiger partial charge < -0.3 is 15.4 Å². The average molecular weight is 371 g/mol. The molecule has 1 saturated heterocycles. The van der Waals surface area contributed by atoms with Gasteiger partial charge in [-0.2, -0.15) is 0 Å². The lowest BCUT2D eigenvalue weighted by atomic mass is 9.94. The smallest absolute Gasteiger partial charge is 0.147 e. The van der Waals surface area contributed by atoms with Crippen molar-refractivity contribution in [3.63, 3.8) is 0 Å². The topological polar surface area (TPSA) is 93.2 Å². The second-order valence-electron chi connectivity index (χ2n) is 7.22.